The number of nitrogens with zero attached hydrogens (tertiary/aromatic N) is 5. The van der Waals surface area contributed by atoms with Crippen molar-refractivity contribution in [3.8, 4) is 29.2 Å². The zero-order valence-electron chi connectivity index (χ0n) is 71.9. The summed E-state index contributed by atoms with van der Waals surface area (Å²) in [5.74, 6) is 5.42. The molecule has 5 N–H and O–H groups in total. The van der Waals surface area contributed by atoms with E-state index in [-0.39, 0.29) is 41.0 Å². The van der Waals surface area contributed by atoms with Crippen molar-refractivity contribution < 1.29 is 65.9 Å². The number of amidine groups is 5. The van der Waals surface area contributed by atoms with Crippen molar-refractivity contribution >= 4 is 115 Å². The lowest BCUT2D eigenvalue weighted by Gasteiger charge is -2.15. The van der Waals surface area contributed by atoms with E-state index in [1.54, 1.807) is 67.1 Å². The highest BCUT2D eigenvalue weighted by atomic mass is 79.9. The van der Waals surface area contributed by atoms with Gasteiger partial charge in [0.25, 0.3) is 0 Å². The number of alkyl halides is 3. The molecule has 11 aromatic carbocycles. The summed E-state index contributed by atoms with van der Waals surface area (Å²) in [5, 5.41) is 19.8. The largest absolute Gasteiger partial charge is 0.496 e. The van der Waals surface area contributed by atoms with Crippen LogP contribution in [0.1, 0.15) is 94.6 Å². The number of hydrogen-bond acceptors (Lipinski definition) is 17. The van der Waals surface area contributed by atoms with Gasteiger partial charge in [0.2, 0.25) is 0 Å². The highest BCUT2D eigenvalue weighted by Crippen LogP contribution is 2.38. The lowest BCUT2D eigenvalue weighted by molar-refractivity contribution is -0.137. The molecule has 9 heterocycles. The molecule has 0 saturated carbocycles. The summed E-state index contributed by atoms with van der Waals surface area (Å²) < 4.78 is 165. The van der Waals surface area contributed by atoms with E-state index in [0.717, 1.165) is 179 Å². The van der Waals surface area contributed by atoms with Gasteiger partial charge >= 0.3 is 6.18 Å². The topological polar surface area (TPSA) is 218 Å². The maximum Gasteiger partial charge on any atom is 0.416 e. The molecule has 28 heteroatoms. The Bertz CT molecular complexity index is 7120. The quantitative estimate of drug-likeness (QED) is 0.0298. The number of methoxy groups -OCH3 is 1. The highest BCUT2D eigenvalue weighted by Gasteiger charge is 2.32. The minimum atomic E-state index is -4.44. The third-order valence-corrected chi connectivity index (χ3v) is 25.2. The van der Waals surface area contributed by atoms with Gasteiger partial charge in [0.05, 0.1) is 69.1 Å². The van der Waals surface area contributed by atoms with Crippen LogP contribution in [0.25, 0.3) is 55.0 Å². The smallest absolute Gasteiger partial charge is 0.416 e. The number of terminal acetylenes is 1. The first-order valence-electron chi connectivity index (χ1n) is 43.1. The summed E-state index contributed by atoms with van der Waals surface area (Å²) in [6.45, 7) is 7.32. The van der Waals surface area contributed by atoms with E-state index < -0.39 is 27.4 Å². The predicted octanol–water partition coefficient (Wildman–Crippen LogP) is 21.4. The molecule has 17 nitrogen and oxygen atoms in total. The molecule has 0 aliphatic carbocycles. The highest BCUT2D eigenvalue weighted by molar-refractivity contribution is 9.10. The molecular weight excluding hydrogens is 1850 g/mol. The second kappa shape index (κ2) is 41.8. The molecule has 674 valence electrons. The molecule has 0 amide bonds. The number of nitrogens with one attached hydrogen (secondary N) is 5. The van der Waals surface area contributed by atoms with Crippen molar-refractivity contribution in [3.05, 3.63) is 364 Å². The standard InChI is InChI=1S/C25H21FN2O.C21H17FN2O.C20H19FN2O3S.C19H15Br2FN2O.C19H18F4N2O/c26-23-8-4-7-22(25-27-12-13-28-25)21(23)10-9-18-15-20(17-5-2-1-3-6-17)16-19-11-14-29-24(18)19;1-2-14-12-15(20-16(13-14)8-11-25-20)6-7-17-18(4-3-5-19(17)22)21-23-9-10-24-21;1-27(24,25)15-11-13(19-14(12-15)7-10-26-19)5-6-16-17(3-2-4-18(16)21)20-22-8-9-23-20;20-13-8-11(18-12(9-13)10-17(21)25-18)4-5-14-15(2-1-3-16(14)22)19-23-6-7-24-19;1-26-17-8-6-13(19(21,22)23)11-12(17)5-7-14-15(3-2-4-16(14)20)18-24-9-10-25-18/h1-8,11,14-16H,9-10,12-13H2,(H,27,28);1,3-5,8,11-13H,6-7,9-10H2,(H,23,24);2-4,7,10-12H,5-6,8-9H2,1H3,(H,22,23);1-3,8-10H,4-7H2,(H,23,24);2-4,6,8,11H,5,7,9-10H2,1H3,(H,24,25). The molecule has 0 radical (unpaired) electrons. The van der Waals surface area contributed by atoms with Crippen molar-refractivity contribution in [3.63, 3.8) is 0 Å². The van der Waals surface area contributed by atoms with Crippen molar-refractivity contribution in [2.75, 3.05) is 78.8 Å². The Kier molecular flexibility index (Phi) is 29.1. The van der Waals surface area contributed by atoms with Crippen LogP contribution < -0.4 is 31.3 Å². The van der Waals surface area contributed by atoms with Gasteiger partial charge in [0, 0.05) is 98.4 Å². The first-order valence-corrected chi connectivity index (χ1v) is 46.6. The lowest BCUT2D eigenvalue weighted by atomic mass is 9.95. The number of furan rings is 4. The van der Waals surface area contributed by atoms with Gasteiger partial charge in [-0.25, -0.2) is 30.4 Å². The molecule has 20 rings (SSSR count). The summed E-state index contributed by atoms with van der Waals surface area (Å²) in [6, 6.07) is 61.8. The number of sulfone groups is 1. The normalized spacial score (nSPS) is 13.9. The Balaban J connectivity index is 0.000000121. The molecular formula is C104H90Br2F8N10O7S. The number of rotatable bonds is 23. The maximum absolute atomic E-state index is 14.7. The van der Waals surface area contributed by atoms with Gasteiger partial charge in [0.1, 0.15) is 86.3 Å². The number of hydrogen-bond donors (Lipinski definition) is 5. The average molecular weight is 1940 g/mol. The number of ether oxygens (including phenoxy) is 1. The molecule has 5 aliphatic rings. The predicted molar refractivity (Wildman–Crippen MR) is 511 cm³/mol. The first kappa shape index (κ1) is 91.9. The molecule has 0 fully saturated rings. The molecule has 0 spiro atoms. The van der Waals surface area contributed by atoms with Crippen molar-refractivity contribution in [1.82, 2.24) is 26.6 Å². The van der Waals surface area contributed by atoms with Gasteiger partial charge in [-0.1, -0.05) is 113 Å². The second-order valence-corrected chi connectivity index (χ2v) is 35.5. The van der Waals surface area contributed by atoms with Gasteiger partial charge in [-0.3, -0.25) is 25.0 Å². The lowest BCUT2D eigenvalue weighted by Crippen LogP contribution is -2.21. The van der Waals surface area contributed by atoms with Gasteiger partial charge in [-0.05, 0) is 268 Å². The third kappa shape index (κ3) is 21.8. The van der Waals surface area contributed by atoms with E-state index in [2.05, 4.69) is 114 Å². The van der Waals surface area contributed by atoms with Gasteiger partial charge in [-0.2, -0.15) is 13.2 Å². The van der Waals surface area contributed by atoms with Crippen molar-refractivity contribution in [2.45, 2.75) is 75.3 Å². The number of fused-ring (bicyclic) bond motifs is 4. The molecule has 5 aliphatic heterocycles. The van der Waals surface area contributed by atoms with E-state index in [0.29, 0.717) is 138 Å². The molecule has 0 bridgehead atoms. The van der Waals surface area contributed by atoms with Crippen LogP contribution in [-0.4, -0.2) is 116 Å². The molecule has 0 atom stereocenters. The van der Waals surface area contributed by atoms with Crippen LogP contribution >= 0.6 is 31.9 Å². The fraction of sp³-hybridized carbons (Fsp3) is 0.221. The van der Waals surface area contributed by atoms with E-state index in [1.807, 2.05) is 84.9 Å². The Morgan fingerprint density at radius 2 is 0.773 bits per heavy atom. The Morgan fingerprint density at radius 3 is 1.15 bits per heavy atom. The zero-order valence-corrected chi connectivity index (χ0v) is 75.9. The number of aliphatic imine (C=N–C) groups is 5. The Labute approximate surface area is 774 Å². The van der Waals surface area contributed by atoms with Gasteiger partial charge in [-0.15, -0.1) is 6.42 Å². The van der Waals surface area contributed by atoms with Crippen molar-refractivity contribution in [1.29, 1.82) is 0 Å². The van der Waals surface area contributed by atoms with Crippen LogP contribution in [0.15, 0.2) is 288 Å². The summed E-state index contributed by atoms with van der Waals surface area (Å²) in [7, 11) is -1.95. The van der Waals surface area contributed by atoms with E-state index in [1.165, 1.54) is 56.0 Å². The van der Waals surface area contributed by atoms with E-state index in [4.69, 9.17) is 28.8 Å². The van der Waals surface area contributed by atoms with Crippen LogP contribution in [0.4, 0.5) is 35.1 Å². The fourth-order valence-electron chi connectivity index (χ4n) is 16.9. The summed E-state index contributed by atoms with van der Waals surface area (Å²) in [5.41, 5.74) is 16.8. The monoisotopic (exact) mass is 1930 g/mol. The average Bonchev–Trinajstić information content (AvgIpc) is 1.64. The molecule has 132 heavy (non-hydrogen) atoms. The van der Waals surface area contributed by atoms with Crippen LogP contribution in [-0.2, 0) is 80.2 Å². The van der Waals surface area contributed by atoms with E-state index in [9.17, 15) is 43.5 Å². The Hall–Kier alpha value is -13.4. The number of benzene rings is 11. The van der Waals surface area contributed by atoms with Crippen LogP contribution in [0.2, 0.25) is 0 Å². The second-order valence-electron chi connectivity index (χ2n) is 31.8. The van der Waals surface area contributed by atoms with Crippen molar-refractivity contribution in [2.24, 2.45) is 25.0 Å². The molecule has 0 saturated heterocycles. The third-order valence-electron chi connectivity index (χ3n) is 23.3. The number of halogens is 10. The van der Waals surface area contributed by atoms with Crippen LogP contribution in [0.5, 0.6) is 5.75 Å². The van der Waals surface area contributed by atoms with Crippen LogP contribution in [0, 0.1) is 41.4 Å². The summed E-state index contributed by atoms with van der Waals surface area (Å²) in [6.07, 6.45) is 12.2. The van der Waals surface area contributed by atoms with Gasteiger partial charge < -0.3 is 49.0 Å². The molecule has 0 unspecified atom stereocenters. The SMILES string of the molecule is C#Cc1cc(CCc2c(F)cccc2C2=NCCN2)c2occc2c1.COc1ccc(C(F)(F)F)cc1CCc1c(F)cccc1C1=NCCN1.CS(=O)(=O)c1cc(CCc2c(F)cccc2C2=NCCN2)c2occc2c1.Fc1cccc(C2=NCCN2)c1CCc1cc(-c2ccccc2)cc2ccoc12.Fc1cccc(C2=NCCN2)c1CCc1cc(Br)cc2cc(Br)oc12. The molecule has 15 aromatic rings. The minimum Gasteiger partial charge on any atom is -0.496 e. The fourth-order valence-corrected chi connectivity index (χ4v) is 18.6. The summed E-state index contributed by atoms with van der Waals surface area (Å²) >= 11 is 6.92. The Morgan fingerprint density at radius 1 is 0.394 bits per heavy atom. The first-order chi connectivity index (χ1) is 64.0. The van der Waals surface area contributed by atoms with E-state index >= 15 is 0 Å². The van der Waals surface area contributed by atoms with Crippen LogP contribution in [0.3, 0.4) is 0 Å². The zero-order chi connectivity index (χ0) is 92.0. The maximum atomic E-state index is 14.7. The molecule has 4 aromatic heterocycles. The summed E-state index contributed by atoms with van der Waals surface area (Å²) in [4.78, 5) is 22.3. The van der Waals surface area contributed by atoms with Gasteiger partial charge in [0.15, 0.2) is 14.5 Å². The minimum absolute atomic E-state index is 0.186. The number of aryl methyl sites for hydroxylation is 5.